The zero-order valence-corrected chi connectivity index (χ0v) is 15.6. The monoisotopic (exact) mass is 469 g/mol. The normalized spacial score (nSPS) is 12.2. The van der Waals surface area contributed by atoms with Gasteiger partial charge in [-0.3, -0.25) is 0 Å². The molecule has 0 radical (unpaired) electrons. The lowest BCUT2D eigenvalue weighted by Crippen LogP contribution is -2.35. The Morgan fingerprint density at radius 2 is 0.767 bits per heavy atom. The molecule has 14 heteroatoms. The zero-order chi connectivity index (χ0) is 23.2. The fraction of sp³-hybridized carbons (Fsp3) is 0.250. The summed E-state index contributed by atoms with van der Waals surface area (Å²) in [6.45, 7) is 2.07. The lowest BCUT2D eigenvalue weighted by Gasteiger charge is -2.36. The lowest BCUT2D eigenvalue weighted by atomic mass is 9.94. The van der Waals surface area contributed by atoms with Crippen molar-refractivity contribution < 1.29 is 53.7 Å². The van der Waals surface area contributed by atoms with Crippen LogP contribution in [0.1, 0.15) is 31.0 Å². The van der Waals surface area contributed by atoms with Gasteiger partial charge in [0.1, 0.15) is 0 Å². The molecule has 0 heterocycles. The molecule has 0 unspecified atom stereocenters. The Labute approximate surface area is 163 Å². The van der Waals surface area contributed by atoms with E-state index in [9.17, 15) is 53.7 Å². The summed E-state index contributed by atoms with van der Waals surface area (Å²) in [5, 5.41) is 0. The molecule has 0 aliphatic rings. The Kier molecular flexibility index (Phi) is 7.02. The molecule has 0 saturated heterocycles. The molecule has 2 aromatic carbocycles. The second-order valence-electron chi connectivity index (χ2n) is 6.11. The van der Waals surface area contributed by atoms with Crippen molar-refractivity contribution in [1.82, 2.24) is 4.67 Å². The van der Waals surface area contributed by atoms with Crippen LogP contribution in [0.25, 0.3) is 0 Å². The highest BCUT2D eigenvalue weighted by atomic mass is 31.2. The fourth-order valence-corrected chi connectivity index (χ4v) is 3.59. The first kappa shape index (κ1) is 24.3. The molecular formula is C16H10F10NO2P. The molecule has 0 spiro atoms. The van der Waals surface area contributed by atoms with Gasteiger partial charge in [0.25, 0.3) is 8.53 Å². The van der Waals surface area contributed by atoms with E-state index in [-0.39, 0.29) is 4.67 Å². The summed E-state index contributed by atoms with van der Waals surface area (Å²) in [4.78, 5) is 19.1. The minimum absolute atomic E-state index is 0.0336. The van der Waals surface area contributed by atoms with Gasteiger partial charge in [0.2, 0.25) is 11.6 Å². The largest absolute Gasteiger partial charge is 0.338 e. The topological polar surface area (TPSA) is 43.7 Å². The summed E-state index contributed by atoms with van der Waals surface area (Å²) in [6.07, 6.45) is 0. The predicted molar refractivity (Wildman–Crippen MR) is 82.6 cm³/mol. The van der Waals surface area contributed by atoms with E-state index >= 15 is 0 Å². The second-order valence-corrected chi connectivity index (χ2v) is 7.11. The van der Waals surface area contributed by atoms with Gasteiger partial charge in [0.15, 0.2) is 46.5 Å². The van der Waals surface area contributed by atoms with Gasteiger partial charge in [-0.1, -0.05) is 0 Å². The van der Waals surface area contributed by atoms with Gasteiger partial charge in [-0.2, -0.15) is 0 Å². The summed E-state index contributed by atoms with van der Waals surface area (Å²) in [6, 6.07) is -4.36. The van der Waals surface area contributed by atoms with Crippen LogP contribution in [0.5, 0.6) is 0 Å². The Hall–Kier alpha value is -1.95. The van der Waals surface area contributed by atoms with E-state index in [0.717, 1.165) is 13.8 Å². The lowest BCUT2D eigenvalue weighted by molar-refractivity contribution is 0.235. The maximum absolute atomic E-state index is 14.4. The minimum atomic E-state index is -3.60. The number of benzene rings is 2. The summed E-state index contributed by atoms with van der Waals surface area (Å²) >= 11 is 0. The van der Waals surface area contributed by atoms with Gasteiger partial charge < -0.3 is 9.79 Å². The quantitative estimate of drug-likeness (QED) is 0.278. The third kappa shape index (κ3) is 3.75. The van der Waals surface area contributed by atoms with Crippen LogP contribution in [-0.4, -0.2) is 20.5 Å². The number of rotatable bonds is 5. The predicted octanol–water partition coefficient (Wildman–Crippen LogP) is 5.09. The highest BCUT2D eigenvalue weighted by Crippen LogP contribution is 2.48. The molecule has 0 aliphatic heterocycles. The van der Waals surface area contributed by atoms with E-state index in [1.165, 1.54) is 0 Å². The Bertz CT molecular complexity index is 865. The van der Waals surface area contributed by atoms with Crippen LogP contribution in [0.15, 0.2) is 0 Å². The average molecular weight is 469 g/mol. The van der Waals surface area contributed by atoms with Gasteiger partial charge in [0, 0.05) is 6.04 Å². The van der Waals surface area contributed by atoms with Crippen molar-refractivity contribution in [2.75, 3.05) is 0 Å². The van der Waals surface area contributed by atoms with Crippen molar-refractivity contribution in [3.63, 3.8) is 0 Å². The van der Waals surface area contributed by atoms with Crippen molar-refractivity contribution in [2.45, 2.75) is 25.9 Å². The standard InChI is InChI=1S/C16H10F10NO2P/c1-3(2)27(30(28)29)16(4-6(17)10(21)14(25)11(22)7(4)18)5-8(19)12(23)15(26)13(24)9(5)20/h3,16,28-29H,1-2H3. The number of nitrogens with zero attached hydrogens (tertiary/aromatic N) is 1. The van der Waals surface area contributed by atoms with Gasteiger partial charge in [-0.25, -0.2) is 48.6 Å². The van der Waals surface area contributed by atoms with Crippen molar-refractivity contribution >= 4 is 8.53 Å². The summed E-state index contributed by atoms with van der Waals surface area (Å²) in [5.41, 5.74) is -4.09. The van der Waals surface area contributed by atoms with E-state index in [1.54, 1.807) is 0 Å². The first-order chi connectivity index (χ1) is 13.7. The molecule has 0 aliphatic carbocycles. The first-order valence-corrected chi connectivity index (χ1v) is 8.94. The molecule has 2 N–H and O–H groups in total. The maximum Gasteiger partial charge on any atom is 0.254 e. The van der Waals surface area contributed by atoms with Crippen LogP contribution in [0.3, 0.4) is 0 Å². The van der Waals surface area contributed by atoms with Crippen molar-refractivity contribution in [3.8, 4) is 0 Å². The smallest absolute Gasteiger partial charge is 0.254 e. The van der Waals surface area contributed by atoms with Gasteiger partial charge in [-0.15, -0.1) is 0 Å². The second kappa shape index (κ2) is 8.66. The van der Waals surface area contributed by atoms with E-state index in [1.807, 2.05) is 0 Å². The van der Waals surface area contributed by atoms with E-state index in [2.05, 4.69) is 0 Å². The third-order valence-electron chi connectivity index (χ3n) is 4.03. The number of hydrogen-bond donors (Lipinski definition) is 2. The maximum atomic E-state index is 14.4. The SMILES string of the molecule is CC(C)N(C(c1c(F)c(F)c(F)c(F)c1F)c1c(F)c(F)c(F)c(F)c1F)P(O)O. The zero-order valence-electron chi connectivity index (χ0n) is 14.7. The number of hydrogen-bond acceptors (Lipinski definition) is 3. The minimum Gasteiger partial charge on any atom is -0.338 e. The van der Waals surface area contributed by atoms with Crippen LogP contribution >= 0.6 is 8.53 Å². The molecular weight excluding hydrogens is 459 g/mol. The number of halogens is 10. The van der Waals surface area contributed by atoms with Crippen LogP contribution in [0, 0.1) is 58.2 Å². The summed E-state index contributed by atoms with van der Waals surface area (Å²) < 4.78 is 139. The molecule has 0 atom stereocenters. The van der Waals surface area contributed by atoms with Crippen LogP contribution < -0.4 is 0 Å². The van der Waals surface area contributed by atoms with Crippen molar-refractivity contribution in [2.24, 2.45) is 0 Å². The molecule has 166 valence electrons. The molecule has 0 saturated carbocycles. The van der Waals surface area contributed by atoms with Gasteiger partial charge >= 0.3 is 0 Å². The molecule has 0 bridgehead atoms. The van der Waals surface area contributed by atoms with Crippen LogP contribution in [0.2, 0.25) is 0 Å². The Morgan fingerprint density at radius 1 is 0.533 bits per heavy atom. The summed E-state index contributed by atoms with van der Waals surface area (Å²) in [5.74, 6) is -26.3. The van der Waals surface area contributed by atoms with E-state index < -0.39 is 89.9 Å². The van der Waals surface area contributed by atoms with Crippen LogP contribution in [0.4, 0.5) is 43.9 Å². The molecule has 30 heavy (non-hydrogen) atoms. The molecule has 0 fully saturated rings. The molecule has 2 aromatic rings. The van der Waals surface area contributed by atoms with E-state index in [4.69, 9.17) is 0 Å². The van der Waals surface area contributed by atoms with Gasteiger partial charge in [-0.05, 0) is 13.8 Å². The Balaban J connectivity index is 3.10. The van der Waals surface area contributed by atoms with Gasteiger partial charge in [0.05, 0.1) is 17.2 Å². The van der Waals surface area contributed by atoms with E-state index in [0.29, 0.717) is 0 Å². The van der Waals surface area contributed by atoms with Crippen molar-refractivity contribution in [3.05, 3.63) is 69.3 Å². The molecule has 0 aromatic heterocycles. The Morgan fingerprint density at radius 3 is 0.967 bits per heavy atom. The first-order valence-electron chi connectivity index (χ1n) is 7.74. The van der Waals surface area contributed by atoms with Crippen molar-refractivity contribution in [1.29, 1.82) is 0 Å². The average Bonchev–Trinajstić information content (AvgIpc) is 2.67. The third-order valence-corrected chi connectivity index (χ3v) is 5.14. The highest BCUT2D eigenvalue weighted by molar-refractivity contribution is 7.42. The summed E-state index contributed by atoms with van der Waals surface area (Å²) in [7, 11) is -3.60. The molecule has 0 amide bonds. The van der Waals surface area contributed by atoms with Crippen LogP contribution in [-0.2, 0) is 0 Å². The molecule has 3 nitrogen and oxygen atoms in total. The fourth-order valence-electron chi connectivity index (χ4n) is 2.74. The molecule has 2 rings (SSSR count). The highest BCUT2D eigenvalue weighted by Gasteiger charge is 2.43.